The molecule has 0 aromatic heterocycles. The predicted octanol–water partition coefficient (Wildman–Crippen LogP) is 3.71. The van der Waals surface area contributed by atoms with Crippen molar-refractivity contribution in [1.82, 2.24) is 4.90 Å². The molecule has 1 aromatic carbocycles. The average Bonchev–Trinajstić information content (AvgIpc) is 2.86. The van der Waals surface area contributed by atoms with Gasteiger partial charge < -0.3 is 14.4 Å². The van der Waals surface area contributed by atoms with Crippen molar-refractivity contribution in [1.29, 1.82) is 0 Å². The van der Waals surface area contributed by atoms with Gasteiger partial charge in [0.15, 0.2) is 11.5 Å². The summed E-state index contributed by atoms with van der Waals surface area (Å²) in [6, 6.07) is 4.21. The van der Waals surface area contributed by atoms with Gasteiger partial charge in [0.05, 0.1) is 14.2 Å². The highest BCUT2D eigenvalue weighted by molar-refractivity contribution is 5.70. The minimum absolute atomic E-state index is 0.804. The van der Waals surface area contributed by atoms with E-state index in [1.54, 1.807) is 14.2 Å². The first kappa shape index (κ1) is 15.4. The molecule has 0 saturated carbocycles. The highest BCUT2D eigenvalue weighted by Crippen LogP contribution is 2.36. The van der Waals surface area contributed by atoms with Crippen LogP contribution in [0.15, 0.2) is 18.3 Å². The van der Waals surface area contributed by atoms with Crippen LogP contribution in [-0.2, 0) is 0 Å². The fourth-order valence-corrected chi connectivity index (χ4v) is 2.25. The Hall–Kier alpha value is -1.64. The van der Waals surface area contributed by atoms with Gasteiger partial charge >= 0.3 is 0 Å². The maximum absolute atomic E-state index is 5.38. The number of benzene rings is 1. The van der Waals surface area contributed by atoms with E-state index in [4.69, 9.17) is 9.47 Å². The van der Waals surface area contributed by atoms with Crippen molar-refractivity contribution in [2.75, 3.05) is 27.8 Å². The van der Waals surface area contributed by atoms with E-state index >= 15 is 0 Å². The predicted molar refractivity (Wildman–Crippen MR) is 80.9 cm³/mol. The standard InChI is InChI=1S/C14H19NO2.C2H6/c1-10-7-12(11-5-6-15(2)9-11)8-13(16-3)14(10)17-4;1-2/h7-9H,5-6H2,1-4H3;1-2H3. The van der Waals surface area contributed by atoms with E-state index in [0.717, 1.165) is 30.0 Å². The lowest BCUT2D eigenvalue weighted by atomic mass is 10.0. The van der Waals surface area contributed by atoms with Gasteiger partial charge in [-0.15, -0.1) is 0 Å². The Morgan fingerprint density at radius 2 is 1.79 bits per heavy atom. The highest BCUT2D eigenvalue weighted by Gasteiger charge is 2.15. The molecule has 0 N–H and O–H groups in total. The second-order valence-electron chi connectivity index (χ2n) is 4.41. The van der Waals surface area contributed by atoms with Crippen LogP contribution in [0.2, 0.25) is 0 Å². The second kappa shape index (κ2) is 7.07. The summed E-state index contributed by atoms with van der Waals surface area (Å²) in [5, 5.41) is 0. The monoisotopic (exact) mass is 263 g/mol. The van der Waals surface area contributed by atoms with Crippen molar-refractivity contribution in [2.45, 2.75) is 27.2 Å². The van der Waals surface area contributed by atoms with Crippen LogP contribution in [0.4, 0.5) is 0 Å². The van der Waals surface area contributed by atoms with Gasteiger partial charge in [0, 0.05) is 19.8 Å². The molecule has 2 rings (SSSR count). The third-order valence-electron chi connectivity index (χ3n) is 3.15. The van der Waals surface area contributed by atoms with E-state index in [2.05, 4.69) is 30.3 Å². The molecular weight excluding hydrogens is 238 g/mol. The summed E-state index contributed by atoms with van der Waals surface area (Å²) in [6.07, 6.45) is 3.28. The minimum atomic E-state index is 0.804. The molecule has 0 amide bonds. The Kier molecular flexibility index (Phi) is 5.74. The molecule has 0 spiro atoms. The van der Waals surface area contributed by atoms with Gasteiger partial charge in [-0.25, -0.2) is 0 Å². The normalized spacial score (nSPS) is 13.6. The summed E-state index contributed by atoms with van der Waals surface area (Å²) in [5.41, 5.74) is 3.69. The Morgan fingerprint density at radius 1 is 1.11 bits per heavy atom. The van der Waals surface area contributed by atoms with Gasteiger partial charge in [-0.3, -0.25) is 0 Å². The molecule has 1 aliphatic heterocycles. The molecule has 106 valence electrons. The number of ether oxygens (including phenoxy) is 2. The largest absolute Gasteiger partial charge is 0.493 e. The zero-order chi connectivity index (χ0) is 14.4. The van der Waals surface area contributed by atoms with Gasteiger partial charge in [0.1, 0.15) is 0 Å². The van der Waals surface area contributed by atoms with Crippen molar-refractivity contribution < 1.29 is 9.47 Å². The van der Waals surface area contributed by atoms with E-state index in [9.17, 15) is 0 Å². The van der Waals surface area contributed by atoms with E-state index < -0.39 is 0 Å². The second-order valence-corrected chi connectivity index (χ2v) is 4.41. The molecule has 1 aromatic rings. The van der Waals surface area contributed by atoms with Crippen molar-refractivity contribution in [2.24, 2.45) is 0 Å². The molecule has 0 saturated heterocycles. The summed E-state index contributed by atoms with van der Waals surface area (Å²) in [7, 11) is 5.45. The minimum Gasteiger partial charge on any atom is -0.493 e. The van der Waals surface area contributed by atoms with Crippen LogP contribution < -0.4 is 9.47 Å². The summed E-state index contributed by atoms with van der Waals surface area (Å²) < 4.78 is 10.7. The Bertz CT molecular complexity index is 452. The van der Waals surface area contributed by atoms with E-state index in [0.29, 0.717) is 0 Å². The molecular formula is C16H25NO2. The number of methoxy groups -OCH3 is 2. The first-order valence-electron chi connectivity index (χ1n) is 6.79. The average molecular weight is 263 g/mol. The number of nitrogens with zero attached hydrogens (tertiary/aromatic N) is 1. The molecule has 0 fully saturated rings. The van der Waals surface area contributed by atoms with Gasteiger partial charge in [-0.1, -0.05) is 13.8 Å². The molecule has 0 aliphatic carbocycles. The molecule has 3 heteroatoms. The number of aryl methyl sites for hydroxylation is 1. The zero-order valence-corrected chi connectivity index (χ0v) is 12.9. The topological polar surface area (TPSA) is 21.7 Å². The molecule has 0 bridgehead atoms. The Balaban J connectivity index is 0.000000861. The summed E-state index contributed by atoms with van der Waals surface area (Å²) in [5.74, 6) is 1.63. The molecule has 0 atom stereocenters. The maximum atomic E-state index is 5.38. The maximum Gasteiger partial charge on any atom is 0.163 e. The third-order valence-corrected chi connectivity index (χ3v) is 3.15. The lowest BCUT2D eigenvalue weighted by Gasteiger charge is -2.13. The van der Waals surface area contributed by atoms with E-state index in [-0.39, 0.29) is 0 Å². The molecule has 3 nitrogen and oxygen atoms in total. The van der Waals surface area contributed by atoms with Crippen molar-refractivity contribution in [3.8, 4) is 11.5 Å². The zero-order valence-electron chi connectivity index (χ0n) is 12.9. The van der Waals surface area contributed by atoms with Crippen LogP contribution in [0, 0.1) is 6.92 Å². The van der Waals surface area contributed by atoms with Crippen molar-refractivity contribution in [3.63, 3.8) is 0 Å². The van der Waals surface area contributed by atoms with Crippen molar-refractivity contribution >= 4 is 5.57 Å². The van der Waals surface area contributed by atoms with Gasteiger partial charge in [-0.2, -0.15) is 0 Å². The fourth-order valence-electron chi connectivity index (χ4n) is 2.25. The fraction of sp³-hybridized carbons (Fsp3) is 0.500. The summed E-state index contributed by atoms with van der Waals surface area (Å²) in [4.78, 5) is 2.21. The number of hydrogen-bond acceptors (Lipinski definition) is 3. The SMILES string of the molecule is CC.COc1cc(C2=CN(C)CC2)cc(C)c1OC. The Labute approximate surface area is 116 Å². The van der Waals surface area contributed by atoms with Gasteiger partial charge in [-0.05, 0) is 42.2 Å². The van der Waals surface area contributed by atoms with Crippen LogP contribution in [0.25, 0.3) is 5.57 Å². The van der Waals surface area contributed by atoms with Gasteiger partial charge in [0.25, 0.3) is 0 Å². The lowest BCUT2D eigenvalue weighted by Crippen LogP contribution is -2.04. The molecule has 19 heavy (non-hydrogen) atoms. The van der Waals surface area contributed by atoms with Crippen LogP contribution >= 0.6 is 0 Å². The quantitative estimate of drug-likeness (QED) is 0.829. The third kappa shape index (κ3) is 3.43. The smallest absolute Gasteiger partial charge is 0.163 e. The Morgan fingerprint density at radius 3 is 2.26 bits per heavy atom. The first-order valence-corrected chi connectivity index (χ1v) is 6.79. The molecule has 0 unspecified atom stereocenters. The van der Waals surface area contributed by atoms with E-state index in [1.807, 2.05) is 20.8 Å². The summed E-state index contributed by atoms with van der Waals surface area (Å²) >= 11 is 0. The van der Waals surface area contributed by atoms with Crippen LogP contribution in [0.3, 0.4) is 0 Å². The van der Waals surface area contributed by atoms with Crippen LogP contribution in [0.1, 0.15) is 31.4 Å². The summed E-state index contributed by atoms with van der Waals surface area (Å²) in [6.45, 7) is 7.13. The van der Waals surface area contributed by atoms with Crippen molar-refractivity contribution in [3.05, 3.63) is 29.5 Å². The number of hydrogen-bond donors (Lipinski definition) is 0. The lowest BCUT2D eigenvalue weighted by molar-refractivity contribution is 0.353. The number of rotatable bonds is 3. The molecule has 0 radical (unpaired) electrons. The van der Waals surface area contributed by atoms with Crippen LogP contribution in [-0.4, -0.2) is 32.7 Å². The molecule has 1 aliphatic rings. The molecule has 1 heterocycles. The van der Waals surface area contributed by atoms with E-state index in [1.165, 1.54) is 11.1 Å². The van der Waals surface area contributed by atoms with Crippen LogP contribution in [0.5, 0.6) is 11.5 Å². The first-order chi connectivity index (χ1) is 9.15. The highest BCUT2D eigenvalue weighted by atomic mass is 16.5. The van der Waals surface area contributed by atoms with Gasteiger partial charge in [0.2, 0.25) is 0 Å².